The van der Waals surface area contributed by atoms with E-state index in [4.69, 9.17) is 19.0 Å². The fourth-order valence-corrected chi connectivity index (χ4v) is 5.32. The third kappa shape index (κ3) is 4.06. The van der Waals surface area contributed by atoms with Gasteiger partial charge in [-0.15, -0.1) is 0 Å². The van der Waals surface area contributed by atoms with Crippen molar-refractivity contribution in [3.63, 3.8) is 0 Å². The van der Waals surface area contributed by atoms with Gasteiger partial charge >= 0.3 is 5.97 Å². The summed E-state index contributed by atoms with van der Waals surface area (Å²) in [5.74, 6) is -2.10. The maximum atomic E-state index is 13.9. The molecule has 2 aromatic carbocycles. The lowest BCUT2D eigenvalue weighted by Gasteiger charge is -2.51. The molecule has 3 atom stereocenters. The summed E-state index contributed by atoms with van der Waals surface area (Å²) in [5, 5.41) is 2.88. The number of hydrogen-bond acceptors (Lipinski definition) is 7. The average Bonchev–Trinajstić information content (AvgIpc) is 3.34. The summed E-state index contributed by atoms with van der Waals surface area (Å²) in [7, 11) is 0. The molecular formula is C24H26BrN3O6. The van der Waals surface area contributed by atoms with Crippen molar-refractivity contribution in [2.24, 2.45) is 17.6 Å². The molecule has 3 unspecified atom stereocenters. The molecule has 3 N–H and O–H groups in total. The maximum absolute atomic E-state index is 13.9. The minimum Gasteiger partial charge on any atom is -0.454 e. The van der Waals surface area contributed by atoms with E-state index < -0.39 is 35.2 Å². The molecule has 1 saturated heterocycles. The van der Waals surface area contributed by atoms with Gasteiger partial charge in [-0.05, 0) is 42.7 Å². The van der Waals surface area contributed by atoms with E-state index in [1.54, 1.807) is 17.0 Å². The first kappa shape index (κ1) is 23.9. The van der Waals surface area contributed by atoms with Crippen molar-refractivity contribution in [3.8, 4) is 11.5 Å². The van der Waals surface area contributed by atoms with Crippen molar-refractivity contribution in [2.45, 2.75) is 31.8 Å². The Kier molecular flexibility index (Phi) is 6.97. The Morgan fingerprint density at radius 2 is 1.91 bits per heavy atom. The van der Waals surface area contributed by atoms with Gasteiger partial charge in [0.2, 0.25) is 12.3 Å². The van der Waals surface area contributed by atoms with Crippen molar-refractivity contribution in [3.05, 3.63) is 54.1 Å². The number of nitrogens with zero attached hydrogens (tertiary/aromatic N) is 1. The Hall–Kier alpha value is -3.27. The number of rotatable bonds is 7. The lowest BCUT2D eigenvalue weighted by Crippen LogP contribution is -2.73. The molecule has 0 radical (unpaired) electrons. The molecule has 2 aromatic rings. The number of hydrogen-bond donors (Lipinski definition) is 2. The number of nitrogens with one attached hydrogen (secondary N) is 1. The Bertz CT molecular complexity index is 1080. The number of carbonyl (C=O) groups is 3. The summed E-state index contributed by atoms with van der Waals surface area (Å²) in [4.78, 5) is 41.4. The molecule has 0 spiro atoms. The molecule has 0 aliphatic carbocycles. The molecule has 34 heavy (non-hydrogen) atoms. The second-order valence-corrected chi connectivity index (χ2v) is 8.62. The van der Waals surface area contributed by atoms with E-state index in [0.717, 1.165) is 5.56 Å². The monoisotopic (exact) mass is 531 g/mol. The first-order chi connectivity index (χ1) is 16.4. The molecule has 0 bridgehead atoms. The third-order valence-electron chi connectivity index (χ3n) is 6.61. The van der Waals surface area contributed by atoms with Crippen molar-refractivity contribution < 1.29 is 27.7 Å². The summed E-state index contributed by atoms with van der Waals surface area (Å²) in [6, 6.07) is 14.5. The first-order valence-corrected chi connectivity index (χ1v) is 11.7. The smallest absolute Gasteiger partial charge is 0.320 e. The molecule has 1 fully saturated rings. The van der Waals surface area contributed by atoms with Gasteiger partial charge in [0.15, 0.2) is 27.8 Å². The number of primary amides is 1. The number of ether oxygens (including phenoxy) is 2. The van der Waals surface area contributed by atoms with E-state index >= 15 is 0 Å². The van der Waals surface area contributed by atoms with Crippen molar-refractivity contribution >= 4 is 39.7 Å². The van der Waals surface area contributed by atoms with Crippen LogP contribution >= 0.6 is 16.3 Å². The number of halogens is 1. The van der Waals surface area contributed by atoms with Gasteiger partial charge < -0.3 is 29.3 Å². The molecule has 180 valence electrons. The van der Waals surface area contributed by atoms with Crippen LogP contribution in [0.3, 0.4) is 0 Å². The highest BCUT2D eigenvalue weighted by molar-refractivity contribution is 9.06. The Morgan fingerprint density at radius 1 is 1.18 bits per heavy atom. The average molecular weight is 532 g/mol. The predicted molar refractivity (Wildman–Crippen MR) is 127 cm³/mol. The summed E-state index contributed by atoms with van der Waals surface area (Å²) in [5.41, 5.74) is 5.64. The van der Waals surface area contributed by atoms with Gasteiger partial charge in [0.25, 0.3) is 11.8 Å². The van der Waals surface area contributed by atoms with Gasteiger partial charge in [0.1, 0.15) is 0 Å². The lowest BCUT2D eigenvalue weighted by molar-refractivity contribution is -0.147. The predicted octanol–water partition coefficient (Wildman–Crippen LogP) is 2.66. The number of fused-ring (bicyclic) bond motifs is 1. The van der Waals surface area contributed by atoms with Crippen molar-refractivity contribution in [2.75, 3.05) is 18.2 Å². The SMILES string of the molecule is CCC1C(C(=O)OBr)CCN(c2ccccc2)C1(C(N)=O)C(=O)NCc1ccc2c(c1)OCO2. The summed E-state index contributed by atoms with van der Waals surface area (Å²) in [6.45, 7) is 2.38. The Balaban J connectivity index is 1.72. The van der Waals surface area contributed by atoms with E-state index in [1.807, 2.05) is 43.3 Å². The molecule has 2 amide bonds. The van der Waals surface area contributed by atoms with Crippen LogP contribution in [0.25, 0.3) is 0 Å². The standard InChI is InChI=1S/C24H26BrN3O6/c1-2-18-17(21(29)34-25)10-11-28(16-6-4-3-5-7-16)24(18,22(26)30)23(31)27-13-15-8-9-19-20(12-15)33-14-32-19/h3-9,12,17-18H,2,10-11,13-14H2,1H3,(H2,26,30)(H,27,31). The molecule has 0 aromatic heterocycles. The minimum atomic E-state index is -1.80. The summed E-state index contributed by atoms with van der Waals surface area (Å²) in [6.07, 6.45) is 0.763. The van der Waals surface area contributed by atoms with Crippen LogP contribution in [0, 0.1) is 11.8 Å². The van der Waals surface area contributed by atoms with E-state index in [9.17, 15) is 14.4 Å². The molecular weight excluding hydrogens is 506 g/mol. The number of benzene rings is 2. The van der Waals surface area contributed by atoms with Gasteiger partial charge in [0, 0.05) is 24.7 Å². The van der Waals surface area contributed by atoms with Crippen molar-refractivity contribution in [1.82, 2.24) is 5.32 Å². The molecule has 0 saturated carbocycles. The molecule has 4 rings (SSSR count). The number of nitrogens with two attached hydrogens (primary N) is 1. The summed E-state index contributed by atoms with van der Waals surface area (Å²) >= 11 is 2.76. The van der Waals surface area contributed by atoms with Crippen LogP contribution in [0.4, 0.5) is 5.69 Å². The summed E-state index contributed by atoms with van der Waals surface area (Å²) < 4.78 is 15.6. The van der Waals surface area contributed by atoms with Crippen LogP contribution in [0.15, 0.2) is 48.5 Å². The zero-order chi connectivity index (χ0) is 24.3. The second kappa shape index (κ2) is 9.92. The van der Waals surface area contributed by atoms with E-state index in [-0.39, 0.29) is 19.9 Å². The highest BCUT2D eigenvalue weighted by atomic mass is 79.9. The topological polar surface area (TPSA) is 120 Å². The van der Waals surface area contributed by atoms with Crippen LogP contribution in [0.2, 0.25) is 0 Å². The van der Waals surface area contributed by atoms with Gasteiger partial charge in [-0.1, -0.05) is 31.2 Å². The number of para-hydroxylation sites is 1. The van der Waals surface area contributed by atoms with Gasteiger partial charge in [0.05, 0.1) is 5.92 Å². The van der Waals surface area contributed by atoms with Crippen molar-refractivity contribution in [1.29, 1.82) is 0 Å². The molecule has 10 heteroatoms. The minimum absolute atomic E-state index is 0.136. The van der Waals surface area contributed by atoms with E-state index in [0.29, 0.717) is 30.0 Å². The number of anilines is 1. The van der Waals surface area contributed by atoms with E-state index in [1.165, 1.54) is 0 Å². The van der Waals surface area contributed by atoms with Gasteiger partial charge in [-0.3, -0.25) is 14.4 Å². The van der Waals surface area contributed by atoms with Crippen LogP contribution in [0.5, 0.6) is 11.5 Å². The largest absolute Gasteiger partial charge is 0.454 e. The fraction of sp³-hybridized carbons (Fsp3) is 0.375. The highest BCUT2D eigenvalue weighted by Crippen LogP contribution is 2.43. The zero-order valence-corrected chi connectivity index (χ0v) is 20.2. The maximum Gasteiger partial charge on any atom is 0.320 e. The van der Waals surface area contributed by atoms with Crippen LogP contribution in [-0.2, 0) is 24.8 Å². The fourth-order valence-electron chi connectivity index (χ4n) is 5.08. The van der Waals surface area contributed by atoms with Crippen LogP contribution in [-0.4, -0.2) is 36.7 Å². The highest BCUT2D eigenvalue weighted by Gasteiger charge is 2.61. The van der Waals surface area contributed by atoms with Crippen LogP contribution in [0.1, 0.15) is 25.3 Å². The van der Waals surface area contributed by atoms with E-state index in [2.05, 4.69) is 21.6 Å². The molecule has 2 aliphatic heterocycles. The van der Waals surface area contributed by atoms with Crippen LogP contribution < -0.4 is 25.4 Å². The molecule has 2 aliphatic rings. The molecule has 2 heterocycles. The third-order valence-corrected chi connectivity index (χ3v) is 6.93. The second-order valence-electron chi connectivity index (χ2n) is 8.29. The van der Waals surface area contributed by atoms with Gasteiger partial charge in [-0.2, -0.15) is 0 Å². The van der Waals surface area contributed by atoms with Gasteiger partial charge in [-0.25, -0.2) is 0 Å². The zero-order valence-electron chi connectivity index (χ0n) is 18.7. The molecule has 9 nitrogen and oxygen atoms in total. The lowest BCUT2D eigenvalue weighted by atomic mass is 9.67. The quantitative estimate of drug-likeness (QED) is 0.527. The first-order valence-electron chi connectivity index (χ1n) is 11.0. The Labute approximate surface area is 206 Å². The number of piperidine rings is 1. The number of amides is 2. The normalized spacial score (nSPS) is 23.3. The number of carbonyl (C=O) groups excluding carboxylic acids is 3. The Morgan fingerprint density at radius 3 is 2.59 bits per heavy atom.